The molecule has 0 spiro atoms. The van der Waals surface area contributed by atoms with Crippen LogP contribution in [0.3, 0.4) is 0 Å². The smallest absolute Gasteiger partial charge is 0.233 e. The number of thioether (sulfide) groups is 1. The van der Waals surface area contributed by atoms with Crippen molar-refractivity contribution >= 4 is 29.0 Å². The maximum Gasteiger partial charge on any atom is 0.233 e. The molecular weight excluding hydrogens is 412 g/mol. The zero-order valence-corrected chi connectivity index (χ0v) is 18.0. The molecule has 5 nitrogen and oxygen atoms in total. The van der Waals surface area contributed by atoms with E-state index in [4.69, 9.17) is 4.98 Å². The van der Waals surface area contributed by atoms with E-state index in [1.54, 1.807) is 11.3 Å². The highest BCUT2D eigenvalue weighted by Crippen LogP contribution is 2.30. The van der Waals surface area contributed by atoms with Gasteiger partial charge in [-0.05, 0) is 18.4 Å². The average Bonchev–Trinajstić information content (AvgIpc) is 3.32. The molecule has 7 heteroatoms. The second kappa shape index (κ2) is 9.65. The van der Waals surface area contributed by atoms with Crippen molar-refractivity contribution in [2.75, 3.05) is 0 Å². The number of aromatic nitrogens is 3. The Labute approximate surface area is 183 Å². The number of benzene rings is 2. The summed E-state index contributed by atoms with van der Waals surface area (Å²) in [5.41, 5.74) is 3.39. The van der Waals surface area contributed by atoms with E-state index in [0.717, 1.165) is 27.4 Å². The van der Waals surface area contributed by atoms with Crippen LogP contribution >= 0.6 is 23.1 Å². The third-order valence-electron chi connectivity index (χ3n) is 4.43. The second-order valence-electron chi connectivity index (χ2n) is 6.58. The highest BCUT2D eigenvalue weighted by molar-refractivity contribution is 8.00. The lowest BCUT2D eigenvalue weighted by Crippen LogP contribution is -2.30. The highest BCUT2D eigenvalue weighted by Gasteiger charge is 2.19. The molecule has 150 valence electrons. The van der Waals surface area contributed by atoms with Gasteiger partial charge in [0.15, 0.2) is 0 Å². The Bertz CT molecular complexity index is 1100. The third kappa shape index (κ3) is 4.93. The first-order valence-electron chi connectivity index (χ1n) is 9.53. The number of carbonyl (C=O) groups is 1. The quantitative estimate of drug-likeness (QED) is 0.413. The van der Waals surface area contributed by atoms with Crippen LogP contribution in [0, 0.1) is 0 Å². The Morgan fingerprint density at radius 2 is 1.60 bits per heavy atom. The molecule has 30 heavy (non-hydrogen) atoms. The lowest BCUT2D eigenvalue weighted by Gasteiger charge is -2.12. The van der Waals surface area contributed by atoms with Crippen LogP contribution in [0.2, 0.25) is 0 Å². The molecule has 2 heterocycles. The van der Waals surface area contributed by atoms with E-state index in [2.05, 4.69) is 15.5 Å². The van der Waals surface area contributed by atoms with Crippen molar-refractivity contribution in [1.82, 2.24) is 20.5 Å². The number of nitrogens with one attached hydrogen (secondary N) is 1. The summed E-state index contributed by atoms with van der Waals surface area (Å²) in [6.07, 6.45) is 0. The number of thiophene rings is 1. The molecule has 0 radical (unpaired) electrons. The Morgan fingerprint density at radius 3 is 2.23 bits per heavy atom. The van der Waals surface area contributed by atoms with Crippen molar-refractivity contribution in [2.24, 2.45) is 0 Å². The van der Waals surface area contributed by atoms with Crippen LogP contribution in [0.5, 0.6) is 0 Å². The summed E-state index contributed by atoms with van der Waals surface area (Å²) in [7, 11) is 0. The summed E-state index contributed by atoms with van der Waals surface area (Å²) >= 11 is 2.93. The largest absolute Gasteiger partial charge is 0.350 e. The van der Waals surface area contributed by atoms with E-state index >= 15 is 0 Å². The lowest BCUT2D eigenvalue weighted by atomic mass is 10.0. The first-order chi connectivity index (χ1) is 14.7. The van der Waals surface area contributed by atoms with Crippen molar-refractivity contribution < 1.29 is 4.79 Å². The molecule has 1 amide bonds. The van der Waals surface area contributed by atoms with E-state index in [0.29, 0.717) is 11.7 Å². The number of hydrogen-bond donors (Lipinski definition) is 1. The highest BCUT2D eigenvalue weighted by atomic mass is 32.2. The number of amides is 1. The van der Waals surface area contributed by atoms with E-state index < -0.39 is 0 Å². The lowest BCUT2D eigenvalue weighted by molar-refractivity contribution is -0.120. The molecule has 0 saturated heterocycles. The van der Waals surface area contributed by atoms with E-state index in [-0.39, 0.29) is 11.2 Å². The summed E-state index contributed by atoms with van der Waals surface area (Å²) in [6.45, 7) is 2.38. The SMILES string of the molecule is CC(Sc1nnc(-c2ccccc2)c(-c2ccccc2)n1)C(=O)NCc1cccs1. The maximum absolute atomic E-state index is 12.5. The third-order valence-corrected chi connectivity index (χ3v) is 6.26. The molecule has 0 bridgehead atoms. The predicted molar refractivity (Wildman–Crippen MR) is 122 cm³/mol. The minimum atomic E-state index is -0.335. The fourth-order valence-corrected chi connectivity index (χ4v) is 4.27. The van der Waals surface area contributed by atoms with E-state index in [9.17, 15) is 4.79 Å². The average molecular weight is 433 g/mol. The molecule has 0 aliphatic heterocycles. The topological polar surface area (TPSA) is 67.8 Å². The van der Waals surface area contributed by atoms with Crippen molar-refractivity contribution in [3.63, 3.8) is 0 Å². The van der Waals surface area contributed by atoms with E-state index in [1.165, 1.54) is 11.8 Å². The molecule has 1 unspecified atom stereocenters. The van der Waals surface area contributed by atoms with Crippen LogP contribution < -0.4 is 5.32 Å². The standard InChI is InChI=1S/C23H20N4OS2/c1-16(22(28)24-15-19-13-8-14-29-19)30-23-25-20(17-9-4-2-5-10-17)21(26-27-23)18-11-6-3-7-12-18/h2-14,16H,15H2,1H3,(H,24,28). The molecule has 2 aromatic heterocycles. The number of rotatable bonds is 7. The zero-order valence-electron chi connectivity index (χ0n) is 16.4. The molecule has 0 aliphatic carbocycles. The van der Waals surface area contributed by atoms with Gasteiger partial charge in [0.05, 0.1) is 11.8 Å². The first kappa shape index (κ1) is 20.3. The van der Waals surface area contributed by atoms with Gasteiger partial charge in [-0.1, -0.05) is 78.5 Å². The monoisotopic (exact) mass is 432 g/mol. The molecule has 2 aromatic carbocycles. The zero-order chi connectivity index (χ0) is 20.8. The number of nitrogens with zero attached hydrogens (tertiary/aromatic N) is 3. The minimum absolute atomic E-state index is 0.0506. The summed E-state index contributed by atoms with van der Waals surface area (Å²) < 4.78 is 0. The summed E-state index contributed by atoms with van der Waals surface area (Å²) in [5, 5.41) is 13.9. The molecule has 0 aliphatic rings. The molecule has 4 rings (SSSR count). The van der Waals surface area contributed by atoms with Crippen molar-refractivity contribution in [1.29, 1.82) is 0 Å². The van der Waals surface area contributed by atoms with Crippen molar-refractivity contribution in [2.45, 2.75) is 23.9 Å². The molecule has 4 aromatic rings. The summed E-state index contributed by atoms with van der Waals surface area (Å²) in [6, 6.07) is 23.8. The van der Waals surface area contributed by atoms with Crippen molar-refractivity contribution in [3.8, 4) is 22.5 Å². The maximum atomic E-state index is 12.5. The number of carbonyl (C=O) groups excluding carboxylic acids is 1. The Kier molecular flexibility index (Phi) is 6.51. The number of hydrogen-bond acceptors (Lipinski definition) is 6. The van der Waals surface area contributed by atoms with Gasteiger partial charge in [-0.2, -0.15) is 0 Å². The fraction of sp³-hybridized carbons (Fsp3) is 0.130. The van der Waals surface area contributed by atoms with Gasteiger partial charge in [0.2, 0.25) is 11.1 Å². The van der Waals surface area contributed by atoms with Gasteiger partial charge in [0.1, 0.15) is 11.4 Å². The molecular formula is C23H20N4OS2. The van der Waals surface area contributed by atoms with Crippen LogP contribution in [-0.2, 0) is 11.3 Å². The van der Waals surface area contributed by atoms with Crippen molar-refractivity contribution in [3.05, 3.63) is 83.1 Å². The van der Waals surface area contributed by atoms with E-state index in [1.807, 2.05) is 85.1 Å². The molecule has 1 atom stereocenters. The van der Waals surface area contributed by atoms with Crippen LogP contribution in [0.25, 0.3) is 22.5 Å². The van der Waals surface area contributed by atoms with Gasteiger partial charge in [-0.25, -0.2) is 4.98 Å². The summed E-state index contributed by atoms with van der Waals surface area (Å²) in [5.74, 6) is -0.0506. The van der Waals surface area contributed by atoms with Gasteiger partial charge in [-0.15, -0.1) is 21.5 Å². The Morgan fingerprint density at radius 1 is 0.933 bits per heavy atom. The fourth-order valence-electron chi connectivity index (χ4n) is 2.89. The Balaban J connectivity index is 1.56. The van der Waals surface area contributed by atoms with Gasteiger partial charge in [0, 0.05) is 16.0 Å². The van der Waals surface area contributed by atoms with Crippen LogP contribution in [0.1, 0.15) is 11.8 Å². The van der Waals surface area contributed by atoms with Gasteiger partial charge in [0.25, 0.3) is 0 Å². The summed E-state index contributed by atoms with van der Waals surface area (Å²) in [4.78, 5) is 18.4. The van der Waals surface area contributed by atoms with Crippen LogP contribution in [0.4, 0.5) is 0 Å². The van der Waals surface area contributed by atoms with Gasteiger partial charge in [-0.3, -0.25) is 4.79 Å². The molecule has 0 saturated carbocycles. The predicted octanol–water partition coefficient (Wildman–Crippen LogP) is 5.06. The second-order valence-corrected chi connectivity index (χ2v) is 8.92. The minimum Gasteiger partial charge on any atom is -0.350 e. The molecule has 1 N–H and O–H groups in total. The first-order valence-corrected chi connectivity index (χ1v) is 11.3. The normalized spacial score (nSPS) is 11.8. The molecule has 0 fully saturated rings. The van der Waals surface area contributed by atoms with Gasteiger partial charge >= 0.3 is 0 Å². The van der Waals surface area contributed by atoms with Gasteiger partial charge < -0.3 is 5.32 Å². The Hall–Kier alpha value is -3.03. The van der Waals surface area contributed by atoms with Crippen LogP contribution in [0.15, 0.2) is 83.3 Å². The van der Waals surface area contributed by atoms with Crippen LogP contribution in [-0.4, -0.2) is 26.3 Å².